The number of rotatable bonds is 7. The Balaban J connectivity index is 3.24. The maximum atomic E-state index is 5.48. The van der Waals surface area contributed by atoms with Crippen LogP contribution in [0.25, 0.3) is 0 Å². The van der Waals surface area contributed by atoms with Crippen LogP contribution in [0.15, 0.2) is 12.1 Å². The van der Waals surface area contributed by atoms with E-state index in [4.69, 9.17) is 14.2 Å². The first-order valence-electron chi connectivity index (χ1n) is 6.07. The molecular weight excluding hydrogens is 310 g/mol. The maximum Gasteiger partial charge on any atom is 0.164 e. The van der Waals surface area contributed by atoms with E-state index in [0.29, 0.717) is 11.5 Å². The third-order valence-corrected chi connectivity index (χ3v) is 3.49. The van der Waals surface area contributed by atoms with E-state index in [1.165, 1.54) is 0 Å². The summed E-state index contributed by atoms with van der Waals surface area (Å²) < 4.78 is 16.1. The first-order chi connectivity index (χ1) is 9.00. The maximum absolute atomic E-state index is 5.48. The second kappa shape index (κ2) is 7.01. The normalized spacial score (nSPS) is 11.3. The highest BCUT2D eigenvalue weighted by Gasteiger charge is 2.26. The van der Waals surface area contributed by atoms with E-state index in [1.54, 1.807) is 21.3 Å². The summed E-state index contributed by atoms with van der Waals surface area (Å²) in [6.45, 7) is 5.14. The first kappa shape index (κ1) is 16.1. The van der Waals surface area contributed by atoms with E-state index in [0.717, 1.165) is 23.3 Å². The van der Waals surface area contributed by atoms with Crippen molar-refractivity contribution in [1.82, 2.24) is 5.32 Å². The molecule has 5 heteroatoms. The molecule has 19 heavy (non-hydrogen) atoms. The van der Waals surface area contributed by atoms with E-state index in [2.05, 4.69) is 35.1 Å². The van der Waals surface area contributed by atoms with Crippen LogP contribution in [0, 0.1) is 0 Å². The van der Waals surface area contributed by atoms with Crippen molar-refractivity contribution in [3.63, 3.8) is 0 Å². The topological polar surface area (TPSA) is 39.7 Å². The van der Waals surface area contributed by atoms with Gasteiger partial charge in [0.15, 0.2) is 11.5 Å². The molecule has 0 fully saturated rings. The molecule has 0 aliphatic heterocycles. The zero-order valence-corrected chi connectivity index (χ0v) is 13.8. The van der Waals surface area contributed by atoms with Gasteiger partial charge in [-0.1, -0.05) is 29.8 Å². The highest BCUT2D eigenvalue weighted by Crippen LogP contribution is 2.40. The molecule has 1 aromatic rings. The lowest BCUT2D eigenvalue weighted by molar-refractivity contribution is 0.342. The van der Waals surface area contributed by atoms with E-state index in [9.17, 15) is 0 Å². The van der Waals surface area contributed by atoms with Crippen molar-refractivity contribution in [2.24, 2.45) is 0 Å². The summed E-state index contributed by atoms with van der Waals surface area (Å²) >= 11 is 3.37. The van der Waals surface area contributed by atoms with Crippen molar-refractivity contribution in [3.8, 4) is 17.2 Å². The van der Waals surface area contributed by atoms with Crippen LogP contribution in [-0.2, 0) is 5.41 Å². The molecule has 1 N–H and O–H groups in total. The van der Waals surface area contributed by atoms with Gasteiger partial charge in [0.2, 0.25) is 0 Å². The molecule has 0 aliphatic carbocycles. The summed E-state index contributed by atoms with van der Waals surface area (Å²) in [7, 11) is 4.92. The van der Waals surface area contributed by atoms with Crippen molar-refractivity contribution >= 4 is 15.9 Å². The Labute approximate surface area is 123 Å². The van der Waals surface area contributed by atoms with Crippen LogP contribution < -0.4 is 19.5 Å². The summed E-state index contributed by atoms with van der Waals surface area (Å²) in [6, 6.07) is 3.84. The Morgan fingerprint density at radius 2 is 1.53 bits per heavy atom. The second-order valence-corrected chi connectivity index (χ2v) is 5.41. The van der Waals surface area contributed by atoms with Gasteiger partial charge in [-0.3, -0.25) is 0 Å². The highest BCUT2D eigenvalue weighted by atomic mass is 79.9. The molecule has 0 bridgehead atoms. The van der Waals surface area contributed by atoms with Crippen LogP contribution in [0.4, 0.5) is 0 Å². The molecule has 0 radical (unpaired) electrons. The van der Waals surface area contributed by atoms with Crippen LogP contribution in [0.5, 0.6) is 17.2 Å². The zero-order valence-electron chi connectivity index (χ0n) is 12.2. The predicted molar refractivity (Wildman–Crippen MR) is 80.9 cm³/mol. The summed E-state index contributed by atoms with van der Waals surface area (Å²) in [5.41, 5.74) is 1.76. The predicted octanol–water partition coefficient (Wildman–Crippen LogP) is 2.93. The Kier molecular flexibility index (Phi) is 5.94. The Morgan fingerprint density at radius 1 is 1.00 bits per heavy atom. The van der Waals surface area contributed by atoms with Gasteiger partial charge in [-0.15, -0.1) is 0 Å². The number of nitrogens with one attached hydrogen (secondary N) is 1. The highest BCUT2D eigenvalue weighted by molar-refractivity contribution is 9.09. The lowest BCUT2D eigenvalue weighted by atomic mass is 9.83. The van der Waals surface area contributed by atoms with Crippen molar-refractivity contribution in [2.45, 2.75) is 19.3 Å². The van der Waals surface area contributed by atoms with Gasteiger partial charge in [0.25, 0.3) is 0 Å². The van der Waals surface area contributed by atoms with Gasteiger partial charge in [-0.25, -0.2) is 0 Å². The number of halogens is 1. The third-order valence-electron chi connectivity index (χ3n) is 3.10. The molecule has 0 atom stereocenters. The summed E-state index contributed by atoms with van der Waals surface area (Å²) in [4.78, 5) is 0. The molecule has 0 amide bonds. The average Bonchev–Trinajstić information content (AvgIpc) is 2.43. The van der Waals surface area contributed by atoms with Gasteiger partial charge in [-0.2, -0.15) is 0 Å². The number of ether oxygens (including phenoxy) is 3. The van der Waals surface area contributed by atoms with Gasteiger partial charge in [0.05, 0.1) is 26.8 Å². The third kappa shape index (κ3) is 3.76. The Morgan fingerprint density at radius 3 is 2.00 bits per heavy atom. The van der Waals surface area contributed by atoms with Crippen LogP contribution in [-0.4, -0.2) is 33.3 Å². The summed E-state index contributed by atoms with van der Waals surface area (Å²) in [5, 5.41) is 3.29. The number of alkyl halides is 1. The van der Waals surface area contributed by atoms with Gasteiger partial charge < -0.3 is 19.5 Å². The molecule has 1 rings (SSSR count). The van der Waals surface area contributed by atoms with Crippen molar-refractivity contribution in [1.29, 1.82) is 0 Å². The van der Waals surface area contributed by atoms with Gasteiger partial charge in [-0.05, 0) is 6.07 Å². The molecular formula is C14H22BrNO3. The second-order valence-electron chi connectivity index (χ2n) is 4.85. The smallest absolute Gasteiger partial charge is 0.164 e. The molecule has 0 unspecified atom stereocenters. The molecule has 1 aromatic carbocycles. The van der Waals surface area contributed by atoms with Crippen LogP contribution in [0.3, 0.4) is 0 Å². The minimum Gasteiger partial charge on any atom is -0.496 e. The average molecular weight is 332 g/mol. The van der Waals surface area contributed by atoms with E-state index in [-0.39, 0.29) is 5.41 Å². The SMILES string of the molecule is COc1cc(OC)c(C(C)(C)CNCBr)cc1OC. The van der Waals surface area contributed by atoms with Crippen LogP contribution in [0.2, 0.25) is 0 Å². The van der Waals surface area contributed by atoms with Gasteiger partial charge in [0.1, 0.15) is 5.75 Å². The van der Waals surface area contributed by atoms with E-state index < -0.39 is 0 Å². The van der Waals surface area contributed by atoms with Crippen molar-refractivity contribution in [3.05, 3.63) is 17.7 Å². The molecule has 108 valence electrons. The van der Waals surface area contributed by atoms with Gasteiger partial charge in [0, 0.05) is 23.6 Å². The Bertz CT molecular complexity index is 421. The van der Waals surface area contributed by atoms with Crippen LogP contribution >= 0.6 is 15.9 Å². The minimum absolute atomic E-state index is 0.0847. The lowest BCUT2D eigenvalue weighted by Gasteiger charge is -2.28. The first-order valence-corrected chi connectivity index (χ1v) is 7.19. The van der Waals surface area contributed by atoms with E-state index in [1.807, 2.05) is 12.1 Å². The Hall–Kier alpha value is -0.940. The number of hydrogen-bond donors (Lipinski definition) is 1. The number of methoxy groups -OCH3 is 3. The fourth-order valence-electron chi connectivity index (χ4n) is 2.01. The fourth-order valence-corrected chi connectivity index (χ4v) is 2.21. The summed E-state index contributed by atoms with van der Waals surface area (Å²) in [5.74, 6) is 2.19. The monoisotopic (exact) mass is 331 g/mol. The quantitative estimate of drug-likeness (QED) is 0.616. The van der Waals surface area contributed by atoms with E-state index >= 15 is 0 Å². The summed E-state index contributed by atoms with van der Waals surface area (Å²) in [6.07, 6.45) is 0. The lowest BCUT2D eigenvalue weighted by Crippen LogP contribution is -2.32. The molecule has 0 aliphatic rings. The van der Waals surface area contributed by atoms with Crippen molar-refractivity contribution in [2.75, 3.05) is 33.3 Å². The molecule has 4 nitrogen and oxygen atoms in total. The molecule has 0 aromatic heterocycles. The van der Waals surface area contributed by atoms with Crippen LogP contribution in [0.1, 0.15) is 19.4 Å². The fraction of sp³-hybridized carbons (Fsp3) is 0.571. The number of hydrogen-bond acceptors (Lipinski definition) is 4. The molecule has 0 heterocycles. The molecule has 0 saturated heterocycles. The largest absolute Gasteiger partial charge is 0.496 e. The standard InChI is InChI=1S/C14H22BrNO3/c1-14(2,8-16-9-15)10-6-12(18-4)13(19-5)7-11(10)17-3/h6-7,16H,8-9H2,1-5H3. The van der Waals surface area contributed by atoms with Crippen molar-refractivity contribution < 1.29 is 14.2 Å². The minimum atomic E-state index is -0.0847. The molecule has 0 saturated carbocycles. The van der Waals surface area contributed by atoms with Gasteiger partial charge >= 0.3 is 0 Å². The zero-order chi connectivity index (χ0) is 14.5. The molecule has 0 spiro atoms. The number of benzene rings is 1.